The fourth-order valence-electron chi connectivity index (χ4n) is 7.43. The van der Waals surface area contributed by atoms with Gasteiger partial charge in [-0.1, -0.05) is 27.7 Å². The SMILES string of the molecule is CCC1OC(=O)CC(O)C(C)C(OC2OC(C)C(OC3CCC(O)C(C)O3)C(N)C2O)C(CC=O)CC(C)C(=O)C=CC2(C)OC2C1C. The summed E-state index contributed by atoms with van der Waals surface area (Å²) in [6, 6.07) is -0.955. The number of esters is 1. The summed E-state index contributed by atoms with van der Waals surface area (Å²) in [5.74, 6) is -2.74. The van der Waals surface area contributed by atoms with E-state index in [1.165, 1.54) is 6.08 Å². The minimum atomic E-state index is -1.37. The Bertz CT molecular complexity index is 1140. The van der Waals surface area contributed by atoms with Gasteiger partial charge in [-0.15, -0.1) is 0 Å². The molecule has 5 N–H and O–H groups in total. The number of rotatable bonds is 7. The van der Waals surface area contributed by atoms with Gasteiger partial charge in [-0.25, -0.2) is 0 Å². The highest BCUT2D eigenvalue weighted by Gasteiger charge is 2.55. The summed E-state index contributed by atoms with van der Waals surface area (Å²) in [5.41, 5.74) is 5.82. The molecule has 0 amide bonds. The van der Waals surface area contributed by atoms with Gasteiger partial charge in [-0.3, -0.25) is 9.59 Å². The minimum absolute atomic E-state index is 0.00888. The molecule has 13 heteroatoms. The summed E-state index contributed by atoms with van der Waals surface area (Å²) < 4.78 is 36.2. The molecule has 0 spiro atoms. The fraction of sp³-hybridized carbons (Fsp3) is 0.857. The molecular formula is C35H57NO12. The second kappa shape index (κ2) is 16.5. The number of hydrogen-bond acceptors (Lipinski definition) is 13. The lowest BCUT2D eigenvalue weighted by Crippen LogP contribution is -2.63. The molecule has 0 radical (unpaired) electrons. The van der Waals surface area contributed by atoms with Gasteiger partial charge < -0.3 is 54.3 Å². The summed E-state index contributed by atoms with van der Waals surface area (Å²) in [4.78, 5) is 38.4. The Hall–Kier alpha value is -1.81. The number of carbonyl (C=O) groups is 3. The third-order valence-corrected chi connectivity index (χ3v) is 10.8. The van der Waals surface area contributed by atoms with Crippen LogP contribution in [0.4, 0.5) is 0 Å². The van der Waals surface area contributed by atoms with Crippen LogP contribution in [0, 0.1) is 23.7 Å². The van der Waals surface area contributed by atoms with Crippen molar-refractivity contribution < 1.29 is 58.1 Å². The number of hydrogen-bond donors (Lipinski definition) is 4. The average Bonchev–Trinajstić information content (AvgIpc) is 3.73. The summed E-state index contributed by atoms with van der Waals surface area (Å²) in [7, 11) is 0. The van der Waals surface area contributed by atoms with E-state index in [2.05, 4.69) is 0 Å². The number of carbonyl (C=O) groups excluding carboxylic acids is 3. The van der Waals surface area contributed by atoms with Crippen LogP contribution in [0.25, 0.3) is 0 Å². The van der Waals surface area contributed by atoms with Crippen molar-refractivity contribution in [1.29, 1.82) is 0 Å². The van der Waals surface area contributed by atoms with Crippen LogP contribution in [-0.2, 0) is 42.8 Å². The Morgan fingerprint density at radius 1 is 0.979 bits per heavy atom. The zero-order valence-corrected chi connectivity index (χ0v) is 29.3. The van der Waals surface area contributed by atoms with Crippen molar-refractivity contribution in [3.8, 4) is 0 Å². The lowest BCUT2D eigenvalue weighted by molar-refractivity contribution is -0.321. The van der Waals surface area contributed by atoms with Gasteiger partial charge >= 0.3 is 5.97 Å². The molecule has 0 aliphatic carbocycles. The van der Waals surface area contributed by atoms with Crippen LogP contribution in [0.2, 0.25) is 0 Å². The Kier molecular flexibility index (Phi) is 13.4. The van der Waals surface area contributed by atoms with Crippen molar-refractivity contribution in [1.82, 2.24) is 0 Å². The first-order valence-corrected chi connectivity index (χ1v) is 17.6. The number of cyclic esters (lactones) is 1. The first kappa shape index (κ1) is 39.0. The molecule has 17 atom stereocenters. The molecule has 3 saturated heterocycles. The molecular weight excluding hydrogens is 626 g/mol. The van der Waals surface area contributed by atoms with Crippen molar-refractivity contribution in [2.45, 2.75) is 166 Å². The van der Waals surface area contributed by atoms with Gasteiger partial charge in [0.25, 0.3) is 0 Å². The van der Waals surface area contributed by atoms with Crippen molar-refractivity contribution in [3.05, 3.63) is 12.2 Å². The topological polar surface area (TPSA) is 197 Å². The lowest BCUT2D eigenvalue weighted by Gasteiger charge is -2.46. The van der Waals surface area contributed by atoms with Crippen molar-refractivity contribution >= 4 is 18.0 Å². The highest BCUT2D eigenvalue weighted by molar-refractivity contribution is 5.91. The van der Waals surface area contributed by atoms with Crippen molar-refractivity contribution in [2.24, 2.45) is 29.4 Å². The molecule has 3 fully saturated rings. The molecule has 0 aromatic rings. The number of ether oxygens (including phenoxy) is 6. The van der Waals surface area contributed by atoms with Gasteiger partial charge in [-0.2, -0.15) is 0 Å². The number of aliphatic hydroxyl groups excluding tert-OH is 3. The normalized spacial score (nSPS) is 48.0. The lowest BCUT2D eigenvalue weighted by atomic mass is 9.79. The zero-order chi connectivity index (χ0) is 35.5. The van der Waals surface area contributed by atoms with Crippen LogP contribution in [0.3, 0.4) is 0 Å². The van der Waals surface area contributed by atoms with Crippen LogP contribution in [0.15, 0.2) is 12.2 Å². The molecule has 4 aliphatic rings. The maximum Gasteiger partial charge on any atom is 0.308 e. The van der Waals surface area contributed by atoms with Crippen LogP contribution in [0.1, 0.15) is 87.0 Å². The van der Waals surface area contributed by atoms with Gasteiger partial charge in [0.05, 0.1) is 49.1 Å². The molecule has 4 heterocycles. The number of nitrogens with two attached hydrogens (primary N) is 1. The number of fused-ring (bicyclic) bond motifs is 1. The number of aliphatic hydroxyl groups is 3. The Morgan fingerprint density at radius 2 is 1.69 bits per heavy atom. The van der Waals surface area contributed by atoms with Crippen LogP contribution < -0.4 is 5.73 Å². The number of epoxide rings is 1. The largest absolute Gasteiger partial charge is 0.462 e. The second-order valence-corrected chi connectivity index (χ2v) is 14.6. The van der Waals surface area contributed by atoms with Gasteiger partial charge in [0.2, 0.25) is 0 Å². The first-order chi connectivity index (χ1) is 22.6. The van der Waals surface area contributed by atoms with Gasteiger partial charge in [-0.05, 0) is 58.1 Å². The van der Waals surface area contributed by atoms with E-state index < -0.39 is 96.8 Å². The zero-order valence-electron chi connectivity index (χ0n) is 29.3. The van der Waals surface area contributed by atoms with E-state index in [1.54, 1.807) is 33.8 Å². The van der Waals surface area contributed by atoms with Crippen LogP contribution >= 0.6 is 0 Å². The van der Waals surface area contributed by atoms with Gasteiger partial charge in [0.15, 0.2) is 18.4 Å². The average molecular weight is 684 g/mol. The van der Waals surface area contributed by atoms with Crippen LogP contribution in [0.5, 0.6) is 0 Å². The summed E-state index contributed by atoms with van der Waals surface area (Å²) >= 11 is 0. The quantitative estimate of drug-likeness (QED) is 0.173. The molecule has 13 nitrogen and oxygen atoms in total. The smallest absolute Gasteiger partial charge is 0.308 e. The predicted octanol–water partition coefficient (Wildman–Crippen LogP) is 1.95. The molecule has 17 unspecified atom stereocenters. The number of ketones is 1. The number of allylic oxidation sites excluding steroid dienone is 1. The molecule has 48 heavy (non-hydrogen) atoms. The maximum absolute atomic E-state index is 13.3. The summed E-state index contributed by atoms with van der Waals surface area (Å²) in [6.45, 7) is 12.7. The third-order valence-electron chi connectivity index (χ3n) is 10.8. The van der Waals surface area contributed by atoms with E-state index in [1.807, 2.05) is 20.8 Å². The monoisotopic (exact) mass is 683 g/mol. The Balaban J connectivity index is 1.57. The fourth-order valence-corrected chi connectivity index (χ4v) is 7.43. The number of aldehydes is 1. The van der Waals surface area contributed by atoms with E-state index in [0.29, 0.717) is 19.3 Å². The molecule has 0 aromatic carbocycles. The van der Waals surface area contributed by atoms with Gasteiger partial charge in [0, 0.05) is 30.6 Å². The third kappa shape index (κ3) is 9.10. The van der Waals surface area contributed by atoms with E-state index in [9.17, 15) is 29.7 Å². The standard InChI is InChI=1S/C35H57NO12/c1-8-26-19(4)33-35(7,48-33)13-11-23(38)17(2)15-22(12-14-37)31(18(3)25(40)16-27(41)45-26)47-34-30(42)29(36)32(21(6)44-34)46-28-10-9-24(39)20(5)43-28/h11,13-14,17-22,24-26,28-34,39-40,42H,8-10,12,15-16,36H2,1-7H3. The second-order valence-electron chi connectivity index (χ2n) is 14.6. The Morgan fingerprint density at radius 3 is 2.33 bits per heavy atom. The summed E-state index contributed by atoms with van der Waals surface area (Å²) in [5, 5.41) is 32.7. The maximum atomic E-state index is 13.3. The predicted molar refractivity (Wildman–Crippen MR) is 172 cm³/mol. The molecule has 0 bridgehead atoms. The molecule has 4 rings (SSSR count). The molecule has 274 valence electrons. The van der Waals surface area contributed by atoms with Crippen molar-refractivity contribution in [3.63, 3.8) is 0 Å². The molecule has 4 aliphatic heterocycles. The van der Waals surface area contributed by atoms with E-state index in [4.69, 9.17) is 34.2 Å². The van der Waals surface area contributed by atoms with E-state index in [-0.39, 0.29) is 37.1 Å². The van der Waals surface area contributed by atoms with Crippen molar-refractivity contribution in [2.75, 3.05) is 0 Å². The highest BCUT2D eigenvalue weighted by Crippen LogP contribution is 2.45. The Labute approximate surface area is 283 Å². The van der Waals surface area contributed by atoms with E-state index in [0.717, 1.165) is 6.29 Å². The van der Waals surface area contributed by atoms with Gasteiger partial charge in [0.1, 0.15) is 30.2 Å². The first-order valence-electron chi connectivity index (χ1n) is 17.6. The van der Waals surface area contributed by atoms with Crippen LogP contribution in [-0.4, -0.2) is 113 Å². The highest BCUT2D eigenvalue weighted by atomic mass is 16.7. The van der Waals surface area contributed by atoms with E-state index >= 15 is 0 Å². The minimum Gasteiger partial charge on any atom is -0.462 e. The summed E-state index contributed by atoms with van der Waals surface area (Å²) in [6.07, 6.45) is -3.24. The molecule has 0 aromatic heterocycles. The molecule has 0 saturated carbocycles.